The first kappa shape index (κ1) is 24.1. The molecule has 5 atom stereocenters. The van der Waals surface area contributed by atoms with Crippen LogP contribution in [0.2, 0.25) is 0 Å². The second-order valence-corrected chi connectivity index (χ2v) is 8.21. The second kappa shape index (κ2) is 10.5. The van der Waals surface area contributed by atoms with Gasteiger partial charge in [-0.2, -0.15) is 0 Å². The molecule has 1 aliphatic heterocycles. The molecule has 1 aliphatic rings. The van der Waals surface area contributed by atoms with Crippen LogP contribution < -0.4 is 0 Å². The minimum Gasteiger partial charge on any atom is -0.457 e. The molecule has 1 saturated heterocycles. The average Bonchev–Trinajstić information content (AvgIpc) is 2.87. The van der Waals surface area contributed by atoms with Gasteiger partial charge in [0.15, 0.2) is 12.4 Å². The quantitative estimate of drug-likeness (QED) is 0.364. The maximum Gasteiger partial charge on any atom is 0.303 e. The highest BCUT2D eigenvalue weighted by atomic mass is 16.7. The summed E-state index contributed by atoms with van der Waals surface area (Å²) in [5.41, 5.74) is 1.50. The monoisotopic (exact) mass is 464 g/mol. The van der Waals surface area contributed by atoms with Crippen molar-refractivity contribution in [2.75, 3.05) is 6.61 Å². The van der Waals surface area contributed by atoms with Crippen LogP contribution in [0, 0.1) is 0 Å². The van der Waals surface area contributed by atoms with E-state index in [9.17, 15) is 20.1 Å². The van der Waals surface area contributed by atoms with E-state index in [0.717, 1.165) is 16.7 Å². The Morgan fingerprint density at radius 1 is 0.794 bits per heavy atom. The molecule has 0 aromatic heterocycles. The van der Waals surface area contributed by atoms with Gasteiger partial charge in [0.05, 0.1) is 6.61 Å². The third kappa shape index (κ3) is 4.75. The van der Waals surface area contributed by atoms with Gasteiger partial charge >= 0.3 is 5.97 Å². The molecule has 178 valence electrons. The van der Waals surface area contributed by atoms with E-state index < -0.39 is 42.3 Å². The molecule has 3 aromatic carbocycles. The summed E-state index contributed by atoms with van der Waals surface area (Å²) in [7, 11) is 0. The van der Waals surface area contributed by atoms with Gasteiger partial charge < -0.3 is 29.5 Å². The maximum atomic E-state index is 11.7. The summed E-state index contributed by atoms with van der Waals surface area (Å²) in [6.07, 6.45) is -7.08. The Kier molecular flexibility index (Phi) is 7.41. The molecular formula is C27H28O7. The molecule has 0 amide bonds. The maximum absolute atomic E-state index is 11.7. The standard InChI is InChI=1S/C27H28O7/c1-18(28)33-25-22(34-26(31)24(30)23(25)29)17-32-27(19-11-5-2-6-12-19,20-13-7-3-8-14-20)21-15-9-4-10-16-21/h2-16,22-26,29-31H,17H2,1H3/t22-,23-,24-,25-,26+/m1/s1. The van der Waals surface area contributed by atoms with Gasteiger partial charge in [0, 0.05) is 6.92 Å². The van der Waals surface area contributed by atoms with Crippen LogP contribution in [0.1, 0.15) is 23.6 Å². The Balaban J connectivity index is 1.78. The molecule has 0 saturated carbocycles. The van der Waals surface area contributed by atoms with Crippen molar-refractivity contribution in [3.05, 3.63) is 108 Å². The van der Waals surface area contributed by atoms with Crippen LogP contribution >= 0.6 is 0 Å². The number of benzene rings is 3. The van der Waals surface area contributed by atoms with Crippen LogP contribution in [0.5, 0.6) is 0 Å². The first-order chi connectivity index (χ1) is 16.4. The van der Waals surface area contributed by atoms with Gasteiger partial charge in [-0.05, 0) is 16.7 Å². The molecule has 0 radical (unpaired) electrons. The molecular weight excluding hydrogens is 436 g/mol. The van der Waals surface area contributed by atoms with E-state index in [2.05, 4.69) is 0 Å². The minimum absolute atomic E-state index is 0.155. The number of hydrogen-bond donors (Lipinski definition) is 3. The van der Waals surface area contributed by atoms with Gasteiger partial charge in [-0.3, -0.25) is 4.79 Å². The number of hydrogen-bond acceptors (Lipinski definition) is 7. The van der Waals surface area contributed by atoms with Crippen molar-refractivity contribution in [1.82, 2.24) is 0 Å². The van der Waals surface area contributed by atoms with E-state index >= 15 is 0 Å². The van der Waals surface area contributed by atoms with Gasteiger partial charge in [0.2, 0.25) is 0 Å². The summed E-state index contributed by atoms with van der Waals surface area (Å²) in [6, 6.07) is 29.0. The van der Waals surface area contributed by atoms with Gasteiger partial charge in [0.25, 0.3) is 0 Å². The number of carbonyl (C=O) groups is 1. The number of ether oxygens (including phenoxy) is 3. The Hall–Kier alpha value is -3.07. The predicted octanol–water partition coefficient (Wildman–Crippen LogP) is 2.37. The van der Waals surface area contributed by atoms with E-state index in [4.69, 9.17) is 14.2 Å². The van der Waals surface area contributed by atoms with Crippen molar-refractivity contribution >= 4 is 5.97 Å². The first-order valence-electron chi connectivity index (χ1n) is 11.1. The van der Waals surface area contributed by atoms with E-state index in [-0.39, 0.29) is 6.61 Å². The lowest BCUT2D eigenvalue weighted by atomic mass is 9.80. The summed E-state index contributed by atoms with van der Waals surface area (Å²) in [5, 5.41) is 30.7. The molecule has 1 heterocycles. The van der Waals surface area contributed by atoms with Gasteiger partial charge in [0.1, 0.15) is 23.9 Å². The van der Waals surface area contributed by atoms with Crippen molar-refractivity contribution in [3.8, 4) is 0 Å². The lowest BCUT2D eigenvalue weighted by Crippen LogP contribution is -2.60. The van der Waals surface area contributed by atoms with Crippen molar-refractivity contribution < 1.29 is 34.3 Å². The van der Waals surface area contributed by atoms with E-state index in [1.807, 2.05) is 91.0 Å². The summed E-state index contributed by atoms with van der Waals surface area (Å²) < 4.78 is 17.4. The van der Waals surface area contributed by atoms with Crippen LogP contribution in [-0.4, -0.2) is 58.6 Å². The smallest absolute Gasteiger partial charge is 0.303 e. The first-order valence-corrected chi connectivity index (χ1v) is 11.1. The Morgan fingerprint density at radius 3 is 1.65 bits per heavy atom. The number of aliphatic hydroxyl groups excluding tert-OH is 3. The Labute approximate surface area is 198 Å². The Morgan fingerprint density at radius 2 is 1.24 bits per heavy atom. The molecule has 4 rings (SSSR count). The zero-order chi connectivity index (χ0) is 24.1. The largest absolute Gasteiger partial charge is 0.457 e. The molecule has 0 aliphatic carbocycles. The van der Waals surface area contributed by atoms with E-state index in [0.29, 0.717) is 0 Å². The molecule has 0 bridgehead atoms. The number of carbonyl (C=O) groups excluding carboxylic acids is 1. The second-order valence-electron chi connectivity index (χ2n) is 8.21. The van der Waals surface area contributed by atoms with Crippen LogP contribution in [0.4, 0.5) is 0 Å². The highest BCUT2D eigenvalue weighted by molar-refractivity contribution is 5.66. The normalized spacial score (nSPS) is 25.0. The molecule has 0 unspecified atom stereocenters. The number of rotatable bonds is 7. The summed E-state index contributed by atoms with van der Waals surface area (Å²) in [6.45, 7) is 1.04. The highest BCUT2D eigenvalue weighted by Gasteiger charge is 2.47. The van der Waals surface area contributed by atoms with Crippen LogP contribution in [0.15, 0.2) is 91.0 Å². The fraction of sp³-hybridized carbons (Fsp3) is 0.296. The fourth-order valence-corrected chi connectivity index (χ4v) is 4.37. The van der Waals surface area contributed by atoms with Crippen molar-refractivity contribution in [3.63, 3.8) is 0 Å². The van der Waals surface area contributed by atoms with E-state index in [1.165, 1.54) is 6.92 Å². The molecule has 3 aromatic rings. The topological polar surface area (TPSA) is 105 Å². The zero-order valence-electron chi connectivity index (χ0n) is 18.7. The number of esters is 1. The van der Waals surface area contributed by atoms with E-state index in [1.54, 1.807) is 0 Å². The van der Waals surface area contributed by atoms with Crippen LogP contribution in [0.25, 0.3) is 0 Å². The predicted molar refractivity (Wildman–Crippen MR) is 124 cm³/mol. The molecule has 7 heteroatoms. The van der Waals surface area contributed by atoms with Crippen molar-refractivity contribution in [2.45, 2.75) is 43.2 Å². The Bertz CT molecular complexity index is 961. The fourth-order valence-electron chi connectivity index (χ4n) is 4.37. The lowest BCUT2D eigenvalue weighted by molar-refractivity contribution is -0.294. The van der Waals surface area contributed by atoms with Crippen LogP contribution in [-0.2, 0) is 24.6 Å². The summed E-state index contributed by atoms with van der Waals surface area (Å²) >= 11 is 0. The van der Waals surface area contributed by atoms with Crippen LogP contribution in [0.3, 0.4) is 0 Å². The molecule has 34 heavy (non-hydrogen) atoms. The zero-order valence-corrected chi connectivity index (χ0v) is 18.7. The third-order valence-corrected chi connectivity index (χ3v) is 5.97. The number of aliphatic hydroxyl groups is 3. The van der Waals surface area contributed by atoms with Crippen molar-refractivity contribution in [2.24, 2.45) is 0 Å². The summed E-state index contributed by atoms with van der Waals surface area (Å²) in [4.78, 5) is 11.7. The SMILES string of the molecule is CC(=O)O[C@H]1[C@H](O)[C@@H](O)[C@@H](O)O[C@@H]1COC(c1ccccc1)(c1ccccc1)c1ccccc1. The molecule has 1 fully saturated rings. The molecule has 7 nitrogen and oxygen atoms in total. The molecule has 0 spiro atoms. The van der Waals surface area contributed by atoms with Crippen molar-refractivity contribution in [1.29, 1.82) is 0 Å². The minimum atomic E-state index is -1.66. The highest BCUT2D eigenvalue weighted by Crippen LogP contribution is 2.41. The lowest BCUT2D eigenvalue weighted by Gasteiger charge is -2.42. The molecule has 3 N–H and O–H groups in total. The third-order valence-electron chi connectivity index (χ3n) is 5.97. The average molecular weight is 465 g/mol. The van der Waals surface area contributed by atoms with Gasteiger partial charge in [-0.1, -0.05) is 91.0 Å². The van der Waals surface area contributed by atoms with Gasteiger partial charge in [-0.25, -0.2) is 0 Å². The summed E-state index contributed by atoms with van der Waals surface area (Å²) in [5.74, 6) is -0.651. The van der Waals surface area contributed by atoms with Gasteiger partial charge in [-0.15, -0.1) is 0 Å².